The van der Waals surface area contributed by atoms with Gasteiger partial charge in [0.25, 0.3) is 5.91 Å². The Morgan fingerprint density at radius 1 is 1.08 bits per heavy atom. The summed E-state index contributed by atoms with van der Waals surface area (Å²) < 4.78 is 1.81. The van der Waals surface area contributed by atoms with Crippen LogP contribution in [0.15, 0.2) is 60.9 Å². The molecular formula is C18H15ClN4O. The van der Waals surface area contributed by atoms with Gasteiger partial charge < -0.3 is 10.6 Å². The normalized spacial score (nSPS) is 16.2. The predicted octanol–water partition coefficient (Wildman–Crippen LogP) is 3.44. The Kier molecular flexibility index (Phi) is 3.70. The molecule has 3 aromatic rings. The molecule has 1 amide bonds. The number of rotatable bonds is 3. The SMILES string of the molecule is O=C1N[C@@H](c2cnn(Cc3ccccc3Cl)c2)Nc2ccccc21. The van der Waals surface area contributed by atoms with Crippen LogP contribution >= 0.6 is 11.6 Å². The van der Waals surface area contributed by atoms with Crippen LogP contribution < -0.4 is 10.6 Å². The van der Waals surface area contributed by atoms with E-state index in [1.165, 1.54) is 0 Å². The number of carbonyl (C=O) groups is 1. The quantitative estimate of drug-likeness (QED) is 0.769. The van der Waals surface area contributed by atoms with E-state index in [4.69, 9.17) is 11.6 Å². The van der Waals surface area contributed by atoms with Crippen molar-refractivity contribution in [3.8, 4) is 0 Å². The Balaban J connectivity index is 1.56. The molecule has 120 valence electrons. The fraction of sp³-hybridized carbons (Fsp3) is 0.111. The summed E-state index contributed by atoms with van der Waals surface area (Å²) in [5.74, 6) is -0.0896. The summed E-state index contributed by atoms with van der Waals surface area (Å²) in [5, 5.41) is 11.4. The Hall–Kier alpha value is -2.79. The van der Waals surface area contributed by atoms with Crippen LogP contribution in [0.4, 0.5) is 5.69 Å². The van der Waals surface area contributed by atoms with Crippen LogP contribution in [0.1, 0.15) is 27.7 Å². The topological polar surface area (TPSA) is 59.0 Å². The maximum absolute atomic E-state index is 12.2. The minimum Gasteiger partial charge on any atom is -0.361 e. The van der Waals surface area contributed by atoms with Gasteiger partial charge in [0.15, 0.2) is 0 Å². The van der Waals surface area contributed by atoms with Crippen molar-refractivity contribution >= 4 is 23.2 Å². The van der Waals surface area contributed by atoms with Gasteiger partial charge in [-0.1, -0.05) is 41.9 Å². The minimum absolute atomic E-state index is 0.0896. The summed E-state index contributed by atoms with van der Waals surface area (Å²) in [6.45, 7) is 0.580. The number of aromatic nitrogens is 2. The van der Waals surface area contributed by atoms with E-state index in [1.54, 1.807) is 12.3 Å². The van der Waals surface area contributed by atoms with Crippen LogP contribution in [0.25, 0.3) is 0 Å². The molecule has 2 heterocycles. The smallest absolute Gasteiger partial charge is 0.255 e. The lowest BCUT2D eigenvalue weighted by molar-refractivity contribution is 0.0935. The van der Waals surface area contributed by atoms with Crippen LogP contribution in [0.2, 0.25) is 5.02 Å². The second-order valence-corrected chi connectivity index (χ2v) is 6.07. The molecule has 0 fully saturated rings. The number of hydrogen-bond acceptors (Lipinski definition) is 3. The van der Waals surface area contributed by atoms with E-state index in [1.807, 2.05) is 53.3 Å². The minimum atomic E-state index is -0.299. The van der Waals surface area contributed by atoms with E-state index >= 15 is 0 Å². The van der Waals surface area contributed by atoms with Gasteiger partial charge in [-0.25, -0.2) is 0 Å². The molecule has 0 saturated carbocycles. The average molecular weight is 339 g/mol. The van der Waals surface area contributed by atoms with Crippen LogP contribution in [0, 0.1) is 0 Å². The zero-order chi connectivity index (χ0) is 16.5. The molecule has 0 unspecified atom stereocenters. The van der Waals surface area contributed by atoms with E-state index < -0.39 is 0 Å². The second kappa shape index (κ2) is 6.02. The molecule has 0 radical (unpaired) electrons. The largest absolute Gasteiger partial charge is 0.361 e. The molecule has 1 aliphatic heterocycles. The fourth-order valence-corrected chi connectivity index (χ4v) is 2.99. The van der Waals surface area contributed by atoms with Gasteiger partial charge in [-0.2, -0.15) is 5.10 Å². The summed E-state index contributed by atoms with van der Waals surface area (Å²) in [6.07, 6.45) is 3.37. The highest BCUT2D eigenvalue weighted by atomic mass is 35.5. The Labute approximate surface area is 144 Å². The Morgan fingerprint density at radius 3 is 2.75 bits per heavy atom. The molecule has 0 spiro atoms. The summed E-state index contributed by atoms with van der Waals surface area (Å²) in [7, 11) is 0. The van der Waals surface area contributed by atoms with E-state index in [-0.39, 0.29) is 12.1 Å². The number of para-hydroxylation sites is 1. The van der Waals surface area contributed by atoms with Crippen LogP contribution in [-0.4, -0.2) is 15.7 Å². The first kappa shape index (κ1) is 14.8. The van der Waals surface area contributed by atoms with Crippen molar-refractivity contribution in [3.63, 3.8) is 0 Å². The molecule has 1 aliphatic rings. The molecule has 0 saturated heterocycles. The van der Waals surface area contributed by atoms with Gasteiger partial charge in [-0.05, 0) is 23.8 Å². The van der Waals surface area contributed by atoms with Gasteiger partial charge in [0, 0.05) is 22.5 Å². The van der Waals surface area contributed by atoms with Crippen molar-refractivity contribution in [2.75, 3.05) is 5.32 Å². The maximum atomic E-state index is 12.2. The van der Waals surface area contributed by atoms with Crippen molar-refractivity contribution in [2.45, 2.75) is 12.7 Å². The number of amides is 1. The number of halogens is 1. The molecule has 6 heteroatoms. The maximum Gasteiger partial charge on any atom is 0.255 e. The van der Waals surface area contributed by atoms with Gasteiger partial charge in [-0.15, -0.1) is 0 Å². The average Bonchev–Trinajstić information content (AvgIpc) is 3.06. The van der Waals surface area contributed by atoms with Crippen molar-refractivity contribution in [1.29, 1.82) is 0 Å². The molecular weight excluding hydrogens is 324 g/mol. The van der Waals surface area contributed by atoms with Crippen molar-refractivity contribution in [1.82, 2.24) is 15.1 Å². The first-order chi connectivity index (χ1) is 11.7. The van der Waals surface area contributed by atoms with Gasteiger partial charge in [0.2, 0.25) is 0 Å². The standard InChI is InChI=1S/C18H15ClN4O/c19-15-7-3-1-5-12(15)10-23-11-13(9-20-23)17-21-16-8-4-2-6-14(16)18(24)22-17/h1-9,11,17,21H,10H2,(H,22,24)/t17-/m0/s1. The third kappa shape index (κ3) is 2.74. The molecule has 4 rings (SSSR count). The number of nitrogens with zero attached hydrogens (tertiary/aromatic N) is 2. The van der Waals surface area contributed by atoms with Crippen molar-refractivity contribution in [3.05, 3.63) is 82.6 Å². The third-order valence-corrected chi connectivity index (χ3v) is 4.39. The molecule has 1 aromatic heterocycles. The van der Waals surface area contributed by atoms with E-state index in [2.05, 4.69) is 15.7 Å². The number of nitrogens with one attached hydrogen (secondary N) is 2. The number of fused-ring (bicyclic) bond motifs is 1. The lowest BCUT2D eigenvalue weighted by Gasteiger charge is -2.26. The second-order valence-electron chi connectivity index (χ2n) is 5.66. The van der Waals surface area contributed by atoms with Crippen molar-refractivity contribution in [2.24, 2.45) is 0 Å². The molecule has 5 nitrogen and oxygen atoms in total. The highest BCUT2D eigenvalue weighted by Gasteiger charge is 2.24. The van der Waals surface area contributed by atoms with Crippen LogP contribution in [0.5, 0.6) is 0 Å². The summed E-state index contributed by atoms with van der Waals surface area (Å²) in [5.41, 5.74) is 3.37. The summed E-state index contributed by atoms with van der Waals surface area (Å²) in [6, 6.07) is 15.1. The first-order valence-corrected chi connectivity index (χ1v) is 8.01. The molecule has 2 aromatic carbocycles. The van der Waals surface area contributed by atoms with Gasteiger partial charge in [0.05, 0.1) is 18.3 Å². The Bertz CT molecular complexity index is 905. The van der Waals surface area contributed by atoms with Gasteiger partial charge >= 0.3 is 0 Å². The lowest BCUT2D eigenvalue weighted by atomic mass is 10.1. The van der Waals surface area contributed by atoms with Gasteiger partial charge in [-0.3, -0.25) is 9.48 Å². The Morgan fingerprint density at radius 2 is 1.88 bits per heavy atom. The number of anilines is 1. The monoisotopic (exact) mass is 338 g/mol. The van der Waals surface area contributed by atoms with E-state index in [0.717, 1.165) is 16.8 Å². The van der Waals surface area contributed by atoms with Gasteiger partial charge in [0.1, 0.15) is 6.17 Å². The fourth-order valence-electron chi connectivity index (χ4n) is 2.79. The van der Waals surface area contributed by atoms with E-state index in [0.29, 0.717) is 17.1 Å². The third-order valence-electron chi connectivity index (χ3n) is 4.02. The number of hydrogen-bond donors (Lipinski definition) is 2. The number of benzene rings is 2. The van der Waals surface area contributed by atoms with Crippen LogP contribution in [-0.2, 0) is 6.54 Å². The predicted molar refractivity (Wildman–Crippen MR) is 93.1 cm³/mol. The summed E-state index contributed by atoms with van der Waals surface area (Å²) in [4.78, 5) is 12.2. The zero-order valence-electron chi connectivity index (χ0n) is 12.7. The molecule has 0 bridgehead atoms. The van der Waals surface area contributed by atoms with Crippen molar-refractivity contribution < 1.29 is 4.79 Å². The van der Waals surface area contributed by atoms with E-state index in [9.17, 15) is 4.79 Å². The molecule has 0 aliphatic carbocycles. The molecule has 2 N–H and O–H groups in total. The molecule has 1 atom stereocenters. The first-order valence-electron chi connectivity index (χ1n) is 7.63. The lowest BCUT2D eigenvalue weighted by Crippen LogP contribution is -2.38. The molecule has 24 heavy (non-hydrogen) atoms. The highest BCUT2D eigenvalue weighted by molar-refractivity contribution is 6.31. The highest BCUT2D eigenvalue weighted by Crippen LogP contribution is 2.26. The zero-order valence-corrected chi connectivity index (χ0v) is 13.5. The summed E-state index contributed by atoms with van der Waals surface area (Å²) >= 11 is 6.19. The van der Waals surface area contributed by atoms with Crippen LogP contribution in [0.3, 0.4) is 0 Å². The number of carbonyl (C=O) groups excluding carboxylic acids is 1.